The maximum atomic E-state index is 11.5. The Morgan fingerprint density at radius 3 is 2.64 bits per heavy atom. The molecule has 0 aromatic heterocycles. The number of rotatable bonds is 2. The second-order valence-corrected chi connectivity index (χ2v) is 3.33. The van der Waals surface area contributed by atoms with E-state index in [1.54, 1.807) is 31.2 Å². The maximum absolute atomic E-state index is 11.5. The average Bonchev–Trinajstić information content (AvgIpc) is 2.16. The molecule has 0 unspecified atom stereocenters. The Hall–Kier alpha value is -1.55. The molecule has 1 aromatic rings. The number of carbonyl (C=O) groups excluding carboxylic acids is 2. The Labute approximate surface area is 87.1 Å². The molecule has 0 saturated carbocycles. The van der Waals surface area contributed by atoms with Gasteiger partial charge >= 0.3 is 0 Å². The van der Waals surface area contributed by atoms with E-state index >= 15 is 0 Å². The predicted molar refractivity (Wildman–Crippen MR) is 57.6 cm³/mol. The lowest BCUT2D eigenvalue weighted by Gasteiger charge is -2.04. The van der Waals surface area contributed by atoms with E-state index in [0.29, 0.717) is 22.4 Å². The Bertz CT molecular complexity index is 387. The van der Waals surface area contributed by atoms with Crippen LogP contribution in [0.4, 0.5) is 0 Å². The van der Waals surface area contributed by atoms with Gasteiger partial charge in [-0.1, -0.05) is 30.4 Å². The molecule has 1 aromatic carbocycles. The first-order valence-corrected chi connectivity index (χ1v) is 4.42. The molecule has 0 radical (unpaired) electrons. The van der Waals surface area contributed by atoms with Crippen LogP contribution < -0.4 is 5.32 Å². The van der Waals surface area contributed by atoms with Gasteiger partial charge in [-0.3, -0.25) is 9.59 Å². The van der Waals surface area contributed by atoms with Crippen LogP contribution in [-0.2, 0) is 0 Å². The molecular formula is C10H9NO2S. The highest BCUT2D eigenvalue weighted by molar-refractivity contribution is 7.80. The molecule has 0 heterocycles. The smallest absolute Gasteiger partial charge is 0.256 e. The molecule has 72 valence electrons. The van der Waals surface area contributed by atoms with Gasteiger partial charge in [0.15, 0.2) is 6.29 Å². The predicted octanol–water partition coefficient (Wildman–Crippen LogP) is 1.58. The van der Waals surface area contributed by atoms with Crippen LogP contribution in [0.25, 0.3) is 0 Å². The molecule has 4 heteroatoms. The van der Waals surface area contributed by atoms with Crippen molar-refractivity contribution in [1.82, 2.24) is 5.32 Å². The van der Waals surface area contributed by atoms with Gasteiger partial charge in [0.1, 0.15) is 0 Å². The van der Waals surface area contributed by atoms with Gasteiger partial charge in [-0.25, -0.2) is 0 Å². The topological polar surface area (TPSA) is 46.2 Å². The van der Waals surface area contributed by atoms with Gasteiger partial charge in [-0.15, -0.1) is 0 Å². The molecule has 0 atom stereocenters. The summed E-state index contributed by atoms with van der Waals surface area (Å²) in [4.78, 5) is 22.5. The summed E-state index contributed by atoms with van der Waals surface area (Å²) in [6, 6.07) is 6.56. The van der Waals surface area contributed by atoms with Gasteiger partial charge in [-0.05, 0) is 13.0 Å². The molecule has 0 fully saturated rings. The van der Waals surface area contributed by atoms with Crippen molar-refractivity contribution in [1.29, 1.82) is 0 Å². The number of benzene rings is 1. The second-order valence-electron chi connectivity index (χ2n) is 2.72. The third kappa shape index (κ3) is 2.47. The number of aldehydes is 1. The molecule has 1 rings (SSSR count). The van der Waals surface area contributed by atoms with Crippen LogP contribution in [0, 0.1) is 0 Å². The number of hydrogen-bond donors (Lipinski definition) is 1. The van der Waals surface area contributed by atoms with Crippen molar-refractivity contribution in [2.75, 3.05) is 0 Å². The van der Waals surface area contributed by atoms with Crippen LogP contribution in [0.15, 0.2) is 24.3 Å². The van der Waals surface area contributed by atoms with Gasteiger partial charge in [0, 0.05) is 5.56 Å². The highest BCUT2D eigenvalue weighted by Gasteiger charge is 2.09. The van der Waals surface area contributed by atoms with Gasteiger partial charge in [0.05, 0.1) is 10.6 Å². The Kier molecular flexibility index (Phi) is 3.48. The fourth-order valence-corrected chi connectivity index (χ4v) is 1.13. The summed E-state index contributed by atoms with van der Waals surface area (Å²) in [5.41, 5.74) is 0.702. The fourth-order valence-electron chi connectivity index (χ4n) is 1.03. The number of carbonyl (C=O) groups is 2. The number of amides is 1. The van der Waals surface area contributed by atoms with Crippen molar-refractivity contribution >= 4 is 29.4 Å². The van der Waals surface area contributed by atoms with Gasteiger partial charge < -0.3 is 5.32 Å². The van der Waals surface area contributed by atoms with E-state index in [2.05, 4.69) is 5.32 Å². The molecule has 0 aliphatic rings. The lowest BCUT2D eigenvalue weighted by molar-refractivity contribution is 0.0971. The molecule has 0 saturated heterocycles. The van der Waals surface area contributed by atoms with E-state index in [4.69, 9.17) is 12.2 Å². The van der Waals surface area contributed by atoms with Gasteiger partial charge in [-0.2, -0.15) is 0 Å². The SMILES string of the molecule is CC(=S)NC(=O)c1ccccc1C=O. The maximum Gasteiger partial charge on any atom is 0.256 e. The standard InChI is InChI=1S/C10H9NO2S/c1-7(14)11-10(13)9-5-3-2-4-8(9)6-12/h2-6H,1H3,(H,11,13,14). The van der Waals surface area contributed by atoms with E-state index in [1.165, 1.54) is 0 Å². The first-order valence-electron chi connectivity index (χ1n) is 4.01. The molecule has 1 amide bonds. The molecule has 14 heavy (non-hydrogen) atoms. The third-order valence-corrected chi connectivity index (χ3v) is 1.72. The van der Waals surface area contributed by atoms with Crippen molar-refractivity contribution in [2.45, 2.75) is 6.92 Å². The number of hydrogen-bond acceptors (Lipinski definition) is 3. The summed E-state index contributed by atoms with van der Waals surface area (Å²) in [5.74, 6) is -0.347. The van der Waals surface area contributed by atoms with Crippen LogP contribution in [0.2, 0.25) is 0 Å². The molecule has 0 bridgehead atoms. The van der Waals surface area contributed by atoms with Crippen LogP contribution in [0.5, 0.6) is 0 Å². The highest BCUT2D eigenvalue weighted by atomic mass is 32.1. The third-order valence-electron chi connectivity index (χ3n) is 1.62. The van der Waals surface area contributed by atoms with Crippen LogP contribution >= 0.6 is 12.2 Å². The first-order chi connectivity index (χ1) is 6.65. The summed E-state index contributed by atoms with van der Waals surface area (Å²) >= 11 is 4.73. The van der Waals surface area contributed by atoms with Crippen LogP contribution in [0.1, 0.15) is 27.6 Å². The molecule has 0 aliphatic carbocycles. The lowest BCUT2D eigenvalue weighted by atomic mass is 10.1. The molecule has 0 aliphatic heterocycles. The van der Waals surface area contributed by atoms with E-state index in [-0.39, 0.29) is 5.91 Å². The minimum absolute atomic E-state index is 0.340. The van der Waals surface area contributed by atoms with E-state index in [1.807, 2.05) is 0 Å². The minimum atomic E-state index is -0.347. The number of thiocarbonyl (C=S) groups is 1. The summed E-state index contributed by atoms with van der Waals surface area (Å²) in [6.07, 6.45) is 0.646. The average molecular weight is 207 g/mol. The van der Waals surface area contributed by atoms with Crippen molar-refractivity contribution in [3.05, 3.63) is 35.4 Å². The zero-order valence-electron chi connectivity index (χ0n) is 7.61. The zero-order chi connectivity index (χ0) is 10.6. The van der Waals surface area contributed by atoms with E-state index in [0.717, 1.165) is 0 Å². The quantitative estimate of drug-likeness (QED) is 0.591. The fraction of sp³-hybridized carbons (Fsp3) is 0.100. The largest absolute Gasteiger partial charge is 0.317 e. The van der Waals surface area contributed by atoms with Crippen molar-refractivity contribution in [3.63, 3.8) is 0 Å². The van der Waals surface area contributed by atoms with Crippen LogP contribution in [0.3, 0.4) is 0 Å². The summed E-state index contributed by atoms with van der Waals surface area (Å²) < 4.78 is 0. The lowest BCUT2D eigenvalue weighted by Crippen LogP contribution is -2.27. The zero-order valence-corrected chi connectivity index (χ0v) is 8.43. The molecular weight excluding hydrogens is 198 g/mol. The summed E-state index contributed by atoms with van der Waals surface area (Å²) in [7, 11) is 0. The van der Waals surface area contributed by atoms with Crippen molar-refractivity contribution in [3.8, 4) is 0 Å². The minimum Gasteiger partial charge on any atom is -0.317 e. The van der Waals surface area contributed by atoms with Crippen LogP contribution in [-0.4, -0.2) is 17.2 Å². The summed E-state index contributed by atoms with van der Waals surface area (Å²) in [5, 5.41) is 2.47. The molecule has 1 N–H and O–H groups in total. The number of nitrogens with one attached hydrogen (secondary N) is 1. The Morgan fingerprint density at radius 1 is 1.43 bits per heavy atom. The van der Waals surface area contributed by atoms with Gasteiger partial charge in [0.25, 0.3) is 5.91 Å². The Balaban J connectivity index is 2.99. The molecule has 3 nitrogen and oxygen atoms in total. The van der Waals surface area contributed by atoms with Crippen molar-refractivity contribution in [2.24, 2.45) is 0 Å². The summed E-state index contributed by atoms with van der Waals surface area (Å²) in [6.45, 7) is 1.61. The second kappa shape index (κ2) is 4.62. The Morgan fingerprint density at radius 2 is 2.07 bits per heavy atom. The molecule has 0 spiro atoms. The van der Waals surface area contributed by atoms with Crippen molar-refractivity contribution < 1.29 is 9.59 Å². The highest BCUT2D eigenvalue weighted by Crippen LogP contribution is 2.05. The monoisotopic (exact) mass is 207 g/mol. The van der Waals surface area contributed by atoms with Gasteiger partial charge in [0.2, 0.25) is 0 Å². The van der Waals surface area contributed by atoms with E-state index in [9.17, 15) is 9.59 Å². The first kappa shape index (κ1) is 10.5. The normalized spacial score (nSPS) is 9.21. The van der Waals surface area contributed by atoms with E-state index < -0.39 is 0 Å².